The Bertz CT molecular complexity index is 2910. The molecule has 0 aromatic heterocycles. The zero-order valence-corrected chi connectivity index (χ0v) is 40.5. The molecule has 9 aromatic rings. The van der Waals surface area contributed by atoms with Crippen molar-refractivity contribution in [3.8, 4) is 44.5 Å². The number of anilines is 6. The molecule has 2 heterocycles. The highest BCUT2D eigenvalue weighted by Crippen LogP contribution is 2.53. The van der Waals surface area contributed by atoms with Crippen LogP contribution in [-0.4, -0.2) is 6.71 Å². The smallest absolute Gasteiger partial charge is 0.252 e. The van der Waals surface area contributed by atoms with Crippen LogP contribution in [0.1, 0.15) is 76.0 Å². The van der Waals surface area contributed by atoms with Crippen molar-refractivity contribution in [1.82, 2.24) is 0 Å². The van der Waals surface area contributed by atoms with Crippen molar-refractivity contribution in [2.75, 3.05) is 9.80 Å². The molecule has 0 atom stereocenters. The summed E-state index contributed by atoms with van der Waals surface area (Å²) in [6.07, 6.45) is 9.95. The van der Waals surface area contributed by atoms with Gasteiger partial charge in [-0.05, 0) is 118 Å². The molecule has 338 valence electrons. The number of hydrogen-bond donors (Lipinski definition) is 0. The molecule has 2 aliphatic rings. The Hall–Kier alpha value is -7.36. The minimum absolute atomic E-state index is 0.0151. The molecule has 0 fully saturated rings. The van der Waals surface area contributed by atoms with Crippen molar-refractivity contribution in [1.29, 1.82) is 0 Å². The van der Waals surface area contributed by atoms with Gasteiger partial charge in [0, 0.05) is 45.0 Å². The first kappa shape index (κ1) is 44.2. The van der Waals surface area contributed by atoms with Crippen molar-refractivity contribution in [3.63, 3.8) is 0 Å². The predicted molar refractivity (Wildman–Crippen MR) is 298 cm³/mol. The van der Waals surface area contributed by atoms with E-state index >= 15 is 0 Å². The Kier molecular flexibility index (Phi) is 12.6. The van der Waals surface area contributed by atoms with Gasteiger partial charge in [-0.25, -0.2) is 0 Å². The van der Waals surface area contributed by atoms with Gasteiger partial charge in [-0.15, -0.1) is 0 Å². The molecule has 0 unspecified atom stereocenters. The van der Waals surface area contributed by atoms with Crippen molar-refractivity contribution >= 4 is 57.2 Å². The summed E-state index contributed by atoms with van der Waals surface area (Å²) in [4.78, 5) is 5.42. The van der Waals surface area contributed by atoms with E-state index in [0.29, 0.717) is 0 Å². The Morgan fingerprint density at radius 3 is 0.971 bits per heavy atom. The second kappa shape index (κ2) is 19.7. The fraction of sp³-hybridized carbons (Fsp3) is 0.182. The first-order chi connectivity index (χ1) is 34.1. The van der Waals surface area contributed by atoms with Crippen molar-refractivity contribution < 1.29 is 0 Å². The summed E-state index contributed by atoms with van der Waals surface area (Å²) in [5.74, 6) is 0. The van der Waals surface area contributed by atoms with E-state index in [4.69, 9.17) is 0 Å². The standard InChI is InChI=1S/C66H61BN2/c1-4-7-24-47-39-41-58-60(43-47)68(65-54(50-27-14-10-15-28-50)35-22-36-55(65)51-29-16-11-17-30-51)62-45-49(26-9-6-3)46-63-64(62)67(58)59-42-40-48(25-8-5-2)44-61(59)69(63)66-56(52-31-18-12-19-32-52)37-23-38-57(66)53-33-20-13-21-34-53/h10-23,27-46H,4-9,24-26H2,1-3H3. The van der Waals surface area contributed by atoms with Crippen LogP contribution in [0.5, 0.6) is 0 Å². The number of nitrogens with zero attached hydrogens (tertiary/aromatic N) is 2. The van der Waals surface area contributed by atoms with Crippen LogP contribution >= 0.6 is 0 Å². The number of rotatable bonds is 15. The topological polar surface area (TPSA) is 6.48 Å². The van der Waals surface area contributed by atoms with Crippen LogP contribution in [0.2, 0.25) is 0 Å². The molecular weight excluding hydrogens is 832 g/mol. The molecule has 0 bridgehead atoms. The average molecular weight is 893 g/mol. The Labute approximate surface area is 411 Å². The van der Waals surface area contributed by atoms with Crippen LogP contribution in [0, 0.1) is 0 Å². The number of para-hydroxylation sites is 2. The van der Waals surface area contributed by atoms with Crippen LogP contribution in [0.4, 0.5) is 34.1 Å². The number of hydrogen-bond acceptors (Lipinski definition) is 2. The van der Waals surface area contributed by atoms with E-state index in [-0.39, 0.29) is 6.71 Å². The van der Waals surface area contributed by atoms with Crippen molar-refractivity contribution in [2.45, 2.75) is 78.6 Å². The molecule has 0 N–H and O–H groups in total. The molecule has 2 aliphatic heterocycles. The summed E-state index contributed by atoms with van der Waals surface area (Å²) in [5.41, 5.74) is 25.5. The number of benzene rings is 9. The maximum atomic E-state index is 2.71. The third-order valence-corrected chi connectivity index (χ3v) is 14.6. The first-order valence-corrected chi connectivity index (χ1v) is 25.7. The number of aryl methyl sites for hydroxylation is 3. The number of unbranched alkanes of at least 4 members (excludes halogenated alkanes) is 3. The average Bonchev–Trinajstić information content (AvgIpc) is 3.41. The lowest BCUT2D eigenvalue weighted by atomic mass is 9.33. The summed E-state index contributed by atoms with van der Waals surface area (Å²) < 4.78 is 0. The second-order valence-electron chi connectivity index (χ2n) is 19.1. The number of fused-ring (bicyclic) bond motifs is 4. The van der Waals surface area contributed by atoms with Crippen LogP contribution in [0.25, 0.3) is 44.5 Å². The molecule has 0 spiro atoms. The van der Waals surface area contributed by atoms with Crippen LogP contribution in [0.15, 0.2) is 206 Å². The third-order valence-electron chi connectivity index (χ3n) is 14.6. The maximum absolute atomic E-state index is 2.71. The Morgan fingerprint density at radius 2 is 0.638 bits per heavy atom. The molecule has 9 aromatic carbocycles. The second-order valence-corrected chi connectivity index (χ2v) is 19.1. The van der Waals surface area contributed by atoms with E-state index < -0.39 is 0 Å². The molecule has 3 heteroatoms. The summed E-state index contributed by atoms with van der Waals surface area (Å²) in [6, 6.07) is 78.3. The van der Waals surface area contributed by atoms with E-state index in [9.17, 15) is 0 Å². The highest BCUT2D eigenvalue weighted by molar-refractivity contribution is 7.00. The Balaban J connectivity index is 1.30. The van der Waals surface area contributed by atoms with Gasteiger partial charge in [0.1, 0.15) is 0 Å². The maximum Gasteiger partial charge on any atom is 0.252 e. The lowest BCUT2D eigenvalue weighted by Gasteiger charge is -2.46. The van der Waals surface area contributed by atoms with Gasteiger partial charge in [-0.2, -0.15) is 0 Å². The molecule has 0 amide bonds. The predicted octanol–water partition coefficient (Wildman–Crippen LogP) is 16.5. The highest BCUT2D eigenvalue weighted by atomic mass is 15.2. The van der Waals surface area contributed by atoms with Crippen molar-refractivity contribution in [2.24, 2.45) is 0 Å². The normalized spacial score (nSPS) is 12.4. The van der Waals surface area contributed by atoms with Crippen molar-refractivity contribution in [3.05, 3.63) is 223 Å². The van der Waals surface area contributed by atoms with Gasteiger partial charge in [0.15, 0.2) is 0 Å². The van der Waals surface area contributed by atoms with Gasteiger partial charge in [0.2, 0.25) is 0 Å². The molecule has 0 saturated carbocycles. The molecular formula is C66H61BN2. The van der Waals surface area contributed by atoms with Crippen LogP contribution in [0.3, 0.4) is 0 Å². The van der Waals surface area contributed by atoms with E-state index in [2.05, 4.69) is 237 Å². The van der Waals surface area contributed by atoms with E-state index in [1.165, 1.54) is 112 Å². The van der Waals surface area contributed by atoms with E-state index in [1.807, 2.05) is 0 Å². The summed E-state index contributed by atoms with van der Waals surface area (Å²) >= 11 is 0. The largest absolute Gasteiger partial charge is 0.310 e. The van der Waals surface area contributed by atoms with Gasteiger partial charge >= 0.3 is 0 Å². The quantitative estimate of drug-likeness (QED) is 0.0946. The summed E-state index contributed by atoms with van der Waals surface area (Å²) in [5, 5.41) is 0. The molecule has 69 heavy (non-hydrogen) atoms. The lowest BCUT2D eigenvalue weighted by Crippen LogP contribution is -2.61. The van der Waals surface area contributed by atoms with E-state index in [0.717, 1.165) is 57.8 Å². The zero-order valence-electron chi connectivity index (χ0n) is 40.5. The zero-order chi connectivity index (χ0) is 46.7. The van der Waals surface area contributed by atoms with Gasteiger partial charge in [0.25, 0.3) is 6.71 Å². The SMILES string of the molecule is CCCCc1ccc2c(c1)N(c1c(-c3ccccc3)cccc1-c1ccccc1)c1cc(CCCC)cc3c1B2c1ccc(CCCC)cc1N3c1c(-c2ccccc2)cccc1-c1ccccc1. The molecule has 2 nitrogen and oxygen atoms in total. The Morgan fingerprint density at radius 1 is 0.319 bits per heavy atom. The minimum Gasteiger partial charge on any atom is -0.310 e. The third kappa shape index (κ3) is 8.29. The molecule has 0 saturated heterocycles. The molecule has 0 aliphatic carbocycles. The lowest BCUT2D eigenvalue weighted by molar-refractivity contribution is 0.794. The van der Waals surface area contributed by atoms with Gasteiger partial charge < -0.3 is 9.80 Å². The van der Waals surface area contributed by atoms with Gasteiger partial charge in [0.05, 0.1) is 11.4 Å². The highest BCUT2D eigenvalue weighted by Gasteiger charge is 2.45. The fourth-order valence-corrected chi connectivity index (χ4v) is 11.2. The fourth-order valence-electron chi connectivity index (χ4n) is 11.2. The molecule has 0 radical (unpaired) electrons. The monoisotopic (exact) mass is 892 g/mol. The van der Waals surface area contributed by atoms with Gasteiger partial charge in [-0.3, -0.25) is 0 Å². The van der Waals surface area contributed by atoms with Crippen LogP contribution in [-0.2, 0) is 19.3 Å². The summed E-state index contributed by atoms with van der Waals surface area (Å²) in [6.45, 7) is 6.95. The minimum atomic E-state index is 0.0151. The van der Waals surface area contributed by atoms with Crippen LogP contribution < -0.4 is 26.2 Å². The molecule has 11 rings (SSSR count). The van der Waals surface area contributed by atoms with Gasteiger partial charge in [-0.1, -0.05) is 222 Å². The summed E-state index contributed by atoms with van der Waals surface area (Å²) in [7, 11) is 0. The first-order valence-electron chi connectivity index (χ1n) is 25.7. The van der Waals surface area contributed by atoms with E-state index in [1.54, 1.807) is 0 Å².